The molecule has 1 aromatic heterocycles. The van der Waals surface area contributed by atoms with Gasteiger partial charge in [0, 0.05) is 13.1 Å². The van der Waals surface area contributed by atoms with Crippen LogP contribution < -0.4 is 11.4 Å². The fraction of sp³-hybridized carbons (Fsp3) is 0.300. The van der Waals surface area contributed by atoms with E-state index in [2.05, 4.69) is 10.9 Å². The number of hydrogen-bond acceptors (Lipinski definition) is 8. The van der Waals surface area contributed by atoms with Gasteiger partial charge in [0.25, 0.3) is 0 Å². The summed E-state index contributed by atoms with van der Waals surface area (Å²) in [5.41, 5.74) is 5.01. The van der Waals surface area contributed by atoms with E-state index in [1.54, 1.807) is 30.3 Å². The molecule has 0 spiro atoms. The Kier molecular flexibility index (Phi) is 6.13. The van der Waals surface area contributed by atoms with Crippen LogP contribution in [0, 0.1) is 12.3 Å². The maximum absolute atomic E-state index is 15.1. The van der Waals surface area contributed by atoms with Gasteiger partial charge in [-0.1, -0.05) is 24.1 Å². The molecule has 156 valence electrons. The number of nitrogen functional groups attached to an aromatic ring is 1. The molecule has 2 heterocycles. The highest BCUT2D eigenvalue weighted by Crippen LogP contribution is 2.33. The second kappa shape index (κ2) is 8.75. The van der Waals surface area contributed by atoms with Crippen LogP contribution >= 0.6 is 0 Å². The van der Waals surface area contributed by atoms with Gasteiger partial charge in [0.1, 0.15) is 18.5 Å². The topological polar surface area (TPSA) is 123 Å². The van der Waals surface area contributed by atoms with Crippen LogP contribution in [0.4, 0.5) is 10.2 Å². The first-order valence-corrected chi connectivity index (χ1v) is 8.86. The number of anilines is 1. The minimum atomic E-state index is -1.96. The zero-order valence-electron chi connectivity index (χ0n) is 15.9. The molecule has 0 bridgehead atoms. The Balaban J connectivity index is 1.83. The fourth-order valence-corrected chi connectivity index (χ4v) is 2.97. The highest BCUT2D eigenvalue weighted by Gasteiger charge is 2.49. The minimum absolute atomic E-state index is 0.0633. The van der Waals surface area contributed by atoms with Gasteiger partial charge in [-0.3, -0.25) is 9.36 Å². The predicted molar refractivity (Wildman–Crippen MR) is 102 cm³/mol. The lowest BCUT2D eigenvalue weighted by Gasteiger charge is -2.18. The molecule has 9 nitrogen and oxygen atoms in total. The Bertz CT molecular complexity index is 1050. The molecule has 1 saturated heterocycles. The van der Waals surface area contributed by atoms with Crippen molar-refractivity contribution < 1.29 is 28.2 Å². The molecule has 2 aromatic rings. The van der Waals surface area contributed by atoms with E-state index in [0.29, 0.717) is 0 Å². The molecule has 0 saturated carbocycles. The molecule has 0 amide bonds. The van der Waals surface area contributed by atoms with Gasteiger partial charge in [0.05, 0.1) is 11.1 Å². The van der Waals surface area contributed by atoms with E-state index >= 15 is 4.39 Å². The van der Waals surface area contributed by atoms with Crippen LogP contribution in [0.15, 0.2) is 41.3 Å². The summed E-state index contributed by atoms with van der Waals surface area (Å²) in [5.74, 6) is 0.619. The van der Waals surface area contributed by atoms with E-state index < -0.39 is 48.8 Å². The molecule has 1 aliphatic rings. The Labute approximate surface area is 170 Å². The molecule has 0 radical (unpaired) electrons. The van der Waals surface area contributed by atoms with Crippen molar-refractivity contribution in [3.63, 3.8) is 0 Å². The van der Waals surface area contributed by atoms with Crippen LogP contribution in [0.5, 0.6) is 0 Å². The third-order valence-electron chi connectivity index (χ3n) is 4.37. The highest BCUT2D eigenvalue weighted by atomic mass is 19.1. The van der Waals surface area contributed by atoms with Crippen LogP contribution in [0.2, 0.25) is 0 Å². The van der Waals surface area contributed by atoms with Crippen molar-refractivity contribution in [1.82, 2.24) is 9.55 Å². The first-order chi connectivity index (χ1) is 14.3. The maximum Gasteiger partial charge on any atom is 0.351 e. The molecule has 3 rings (SSSR count). The van der Waals surface area contributed by atoms with Gasteiger partial charge >= 0.3 is 17.6 Å². The van der Waals surface area contributed by atoms with Crippen molar-refractivity contribution in [2.45, 2.75) is 31.5 Å². The maximum atomic E-state index is 15.1. The van der Waals surface area contributed by atoms with Gasteiger partial charge in [0.15, 0.2) is 18.5 Å². The number of nitrogens with zero attached hydrogens (tertiary/aromatic N) is 2. The number of terminal acetylenes is 1. The largest absolute Gasteiger partial charge is 0.459 e. The van der Waals surface area contributed by atoms with Crippen molar-refractivity contribution in [3.05, 3.63) is 58.1 Å². The third-order valence-corrected chi connectivity index (χ3v) is 4.37. The molecule has 1 aromatic carbocycles. The van der Waals surface area contributed by atoms with Crippen molar-refractivity contribution in [3.8, 4) is 12.3 Å². The summed E-state index contributed by atoms with van der Waals surface area (Å²) in [5, 5.41) is 0. The van der Waals surface area contributed by atoms with Gasteiger partial charge in [-0.15, -0.1) is 6.42 Å². The summed E-state index contributed by atoms with van der Waals surface area (Å²) in [7, 11) is 0. The molecule has 30 heavy (non-hydrogen) atoms. The fourth-order valence-electron chi connectivity index (χ4n) is 2.97. The predicted octanol–water partition coefficient (Wildman–Crippen LogP) is 0.831. The lowest BCUT2D eigenvalue weighted by Crippen LogP contribution is -2.37. The number of aromatic nitrogens is 2. The standard InChI is InChI=1S/C20H18FN3O6/c1-3-12-9-24(20(27)23-17(12)22)18-15(21)16(29-11(2)25)14(30-18)10-28-19(26)13-7-5-4-6-8-13/h1,4-9,14-16,18H,10H2,2H3,(H2,22,23,27)/t14-,15-,16-,18-/m1/s1. The minimum Gasteiger partial charge on any atom is -0.459 e. The number of esters is 2. The summed E-state index contributed by atoms with van der Waals surface area (Å²) in [6.45, 7) is 0.683. The quantitative estimate of drug-likeness (QED) is 0.563. The van der Waals surface area contributed by atoms with Crippen molar-refractivity contribution in [1.29, 1.82) is 0 Å². The average Bonchev–Trinajstić information content (AvgIpc) is 3.02. The molecular weight excluding hydrogens is 397 g/mol. The van der Waals surface area contributed by atoms with Crippen molar-refractivity contribution >= 4 is 17.8 Å². The Morgan fingerprint density at radius 2 is 2.07 bits per heavy atom. The number of rotatable bonds is 5. The summed E-state index contributed by atoms with van der Waals surface area (Å²) in [4.78, 5) is 39.3. The van der Waals surface area contributed by atoms with Crippen LogP contribution in [-0.4, -0.2) is 46.5 Å². The van der Waals surface area contributed by atoms with Crippen LogP contribution in [0.25, 0.3) is 0 Å². The number of ether oxygens (including phenoxy) is 3. The van der Waals surface area contributed by atoms with Gasteiger partial charge in [-0.25, -0.2) is 14.0 Å². The molecule has 0 aliphatic carbocycles. The van der Waals surface area contributed by atoms with Crippen molar-refractivity contribution in [2.24, 2.45) is 0 Å². The Hall–Kier alpha value is -3.71. The van der Waals surface area contributed by atoms with E-state index in [4.69, 9.17) is 26.4 Å². The summed E-state index contributed by atoms with van der Waals surface area (Å²) >= 11 is 0. The summed E-state index contributed by atoms with van der Waals surface area (Å²) in [6, 6.07) is 8.13. The van der Waals surface area contributed by atoms with Crippen LogP contribution in [0.1, 0.15) is 29.1 Å². The number of hydrogen-bond donors (Lipinski definition) is 1. The second-order valence-electron chi connectivity index (χ2n) is 6.42. The van der Waals surface area contributed by atoms with E-state index in [0.717, 1.165) is 17.7 Å². The smallest absolute Gasteiger partial charge is 0.351 e. The number of nitrogens with two attached hydrogens (primary N) is 1. The average molecular weight is 415 g/mol. The summed E-state index contributed by atoms with van der Waals surface area (Å²) < 4.78 is 31.7. The van der Waals surface area contributed by atoms with E-state index in [9.17, 15) is 14.4 Å². The first kappa shape index (κ1) is 21.0. The van der Waals surface area contributed by atoms with Gasteiger partial charge in [-0.2, -0.15) is 4.98 Å². The SMILES string of the molecule is C#Cc1cn([C@@H]2O[C@H](COC(=O)c3ccccc3)[C@@H](OC(C)=O)[C@H]2F)c(=O)nc1N. The first-order valence-electron chi connectivity index (χ1n) is 8.86. The van der Waals surface area contributed by atoms with Gasteiger partial charge in [0.2, 0.25) is 0 Å². The molecule has 1 fully saturated rings. The normalized spacial score (nSPS) is 22.8. The molecule has 1 aliphatic heterocycles. The Morgan fingerprint density at radius 1 is 1.37 bits per heavy atom. The number of halogens is 1. The Morgan fingerprint density at radius 3 is 2.70 bits per heavy atom. The summed E-state index contributed by atoms with van der Waals surface area (Å²) in [6.07, 6.45) is 0.388. The number of alkyl halides is 1. The number of benzene rings is 1. The lowest BCUT2D eigenvalue weighted by molar-refractivity contribution is -0.152. The second-order valence-corrected chi connectivity index (χ2v) is 6.42. The highest BCUT2D eigenvalue weighted by molar-refractivity contribution is 5.89. The molecule has 10 heteroatoms. The zero-order chi connectivity index (χ0) is 21.8. The van der Waals surface area contributed by atoms with Crippen molar-refractivity contribution in [2.75, 3.05) is 12.3 Å². The van der Waals surface area contributed by atoms with Crippen LogP contribution in [0.3, 0.4) is 0 Å². The third kappa shape index (κ3) is 4.31. The molecule has 4 atom stereocenters. The van der Waals surface area contributed by atoms with Gasteiger partial charge < -0.3 is 19.9 Å². The zero-order valence-corrected chi connectivity index (χ0v) is 15.9. The van der Waals surface area contributed by atoms with E-state index in [1.165, 1.54) is 0 Å². The number of carbonyl (C=O) groups excluding carboxylic acids is 2. The molecule has 2 N–H and O–H groups in total. The van der Waals surface area contributed by atoms with E-state index in [1.807, 2.05) is 0 Å². The monoisotopic (exact) mass is 415 g/mol. The molecule has 0 unspecified atom stereocenters. The lowest BCUT2D eigenvalue weighted by atomic mass is 10.1. The molecular formula is C20H18FN3O6. The van der Waals surface area contributed by atoms with Crippen LogP contribution in [-0.2, 0) is 19.0 Å². The van der Waals surface area contributed by atoms with Gasteiger partial charge in [-0.05, 0) is 12.1 Å². The van der Waals surface area contributed by atoms with E-state index in [-0.39, 0.29) is 16.9 Å². The number of carbonyl (C=O) groups is 2.